The van der Waals surface area contributed by atoms with E-state index < -0.39 is 18.1 Å². The summed E-state index contributed by atoms with van der Waals surface area (Å²) in [6.45, 7) is 7.46. The monoisotopic (exact) mass is 356 g/mol. The van der Waals surface area contributed by atoms with Crippen molar-refractivity contribution in [2.75, 3.05) is 7.11 Å². The minimum Gasteiger partial charge on any atom is -0.467 e. The Hall–Kier alpha value is -1.59. The van der Waals surface area contributed by atoms with Gasteiger partial charge in [0.05, 0.1) is 7.11 Å². The molecule has 2 atom stereocenters. The second kappa shape index (κ2) is 13.7. The third-order valence-corrected chi connectivity index (χ3v) is 4.20. The molecule has 0 aliphatic rings. The van der Waals surface area contributed by atoms with Gasteiger partial charge in [-0.05, 0) is 19.3 Å². The molecule has 0 saturated heterocycles. The van der Waals surface area contributed by atoms with E-state index in [1.54, 1.807) is 6.92 Å². The van der Waals surface area contributed by atoms with Crippen LogP contribution in [0.1, 0.15) is 79.1 Å². The zero-order valence-electron chi connectivity index (χ0n) is 16.5. The molecule has 25 heavy (non-hydrogen) atoms. The number of ether oxygens (including phenoxy) is 1. The summed E-state index contributed by atoms with van der Waals surface area (Å²) in [5.41, 5.74) is 0. The first kappa shape index (κ1) is 23.4. The van der Waals surface area contributed by atoms with E-state index in [1.165, 1.54) is 32.8 Å². The van der Waals surface area contributed by atoms with Crippen LogP contribution >= 0.6 is 0 Å². The molecule has 0 bridgehead atoms. The van der Waals surface area contributed by atoms with Crippen LogP contribution in [0.4, 0.5) is 0 Å². The number of methoxy groups -OCH3 is 1. The van der Waals surface area contributed by atoms with Crippen LogP contribution in [0.2, 0.25) is 0 Å². The van der Waals surface area contributed by atoms with Gasteiger partial charge in [0.1, 0.15) is 12.1 Å². The van der Waals surface area contributed by atoms with Gasteiger partial charge in [-0.2, -0.15) is 0 Å². The molecule has 0 rings (SSSR count). The molecule has 6 heteroatoms. The number of esters is 1. The zero-order valence-corrected chi connectivity index (χ0v) is 16.5. The van der Waals surface area contributed by atoms with E-state index in [9.17, 15) is 14.4 Å². The van der Waals surface area contributed by atoms with Crippen LogP contribution in [-0.4, -0.2) is 37.0 Å². The standard InChI is InChI=1S/C19H36N2O4/c1-6-7-8-9-10-11-12-13-16(22)20-15(4)18(23)21-17(14(2)3)19(24)25-5/h14-15,17H,6-13H2,1-5H3,(H,20,22)(H,21,23)/t15-,17-/m0/s1. The predicted molar refractivity (Wildman–Crippen MR) is 99.0 cm³/mol. The number of hydrogen-bond acceptors (Lipinski definition) is 4. The van der Waals surface area contributed by atoms with Gasteiger partial charge in [0.15, 0.2) is 0 Å². The molecular formula is C19H36N2O4. The molecule has 0 fully saturated rings. The van der Waals surface area contributed by atoms with Crippen molar-refractivity contribution >= 4 is 17.8 Å². The number of carbonyl (C=O) groups is 3. The van der Waals surface area contributed by atoms with Crippen molar-refractivity contribution in [2.45, 2.75) is 91.1 Å². The van der Waals surface area contributed by atoms with Gasteiger partial charge in [-0.15, -0.1) is 0 Å². The fourth-order valence-corrected chi connectivity index (χ4v) is 2.52. The highest BCUT2D eigenvalue weighted by Gasteiger charge is 2.27. The van der Waals surface area contributed by atoms with Crippen molar-refractivity contribution in [1.82, 2.24) is 10.6 Å². The Morgan fingerprint density at radius 1 is 0.880 bits per heavy atom. The van der Waals surface area contributed by atoms with Gasteiger partial charge in [0, 0.05) is 6.42 Å². The minimum atomic E-state index is -0.708. The largest absolute Gasteiger partial charge is 0.467 e. The summed E-state index contributed by atoms with van der Waals surface area (Å²) in [5, 5.41) is 5.33. The summed E-state index contributed by atoms with van der Waals surface area (Å²) in [4.78, 5) is 35.8. The molecule has 0 aliphatic heterocycles. The molecule has 0 saturated carbocycles. The maximum Gasteiger partial charge on any atom is 0.328 e. The summed E-state index contributed by atoms with van der Waals surface area (Å²) in [6.07, 6.45) is 8.44. The third-order valence-electron chi connectivity index (χ3n) is 4.20. The summed E-state index contributed by atoms with van der Waals surface area (Å²) in [7, 11) is 1.29. The summed E-state index contributed by atoms with van der Waals surface area (Å²) >= 11 is 0. The molecule has 0 heterocycles. The summed E-state index contributed by atoms with van der Waals surface area (Å²) < 4.78 is 4.69. The van der Waals surface area contributed by atoms with E-state index in [0.717, 1.165) is 19.3 Å². The lowest BCUT2D eigenvalue weighted by Crippen LogP contribution is -2.52. The molecule has 0 aromatic heterocycles. The van der Waals surface area contributed by atoms with Gasteiger partial charge >= 0.3 is 5.97 Å². The van der Waals surface area contributed by atoms with E-state index in [0.29, 0.717) is 6.42 Å². The quantitative estimate of drug-likeness (QED) is 0.392. The van der Waals surface area contributed by atoms with Crippen LogP contribution < -0.4 is 10.6 Å². The second-order valence-electron chi connectivity index (χ2n) is 6.91. The normalized spacial score (nSPS) is 13.2. The van der Waals surface area contributed by atoms with Crippen LogP contribution in [0.3, 0.4) is 0 Å². The Morgan fingerprint density at radius 3 is 1.96 bits per heavy atom. The highest BCUT2D eigenvalue weighted by atomic mass is 16.5. The van der Waals surface area contributed by atoms with E-state index in [1.807, 2.05) is 13.8 Å². The van der Waals surface area contributed by atoms with Crippen LogP contribution in [0, 0.1) is 5.92 Å². The molecule has 0 aromatic carbocycles. The first-order valence-electron chi connectivity index (χ1n) is 9.51. The smallest absolute Gasteiger partial charge is 0.328 e. The lowest BCUT2D eigenvalue weighted by Gasteiger charge is -2.22. The Labute approximate surface area is 152 Å². The minimum absolute atomic E-state index is 0.0907. The first-order valence-corrected chi connectivity index (χ1v) is 9.51. The lowest BCUT2D eigenvalue weighted by molar-refractivity contribution is -0.146. The molecule has 0 spiro atoms. The van der Waals surface area contributed by atoms with Crippen LogP contribution in [0.5, 0.6) is 0 Å². The van der Waals surface area contributed by atoms with Crippen molar-refractivity contribution in [2.24, 2.45) is 5.92 Å². The van der Waals surface area contributed by atoms with Gasteiger partial charge in [0.25, 0.3) is 0 Å². The number of rotatable bonds is 13. The maximum absolute atomic E-state index is 12.2. The van der Waals surface area contributed by atoms with E-state index in [4.69, 9.17) is 4.74 Å². The van der Waals surface area contributed by atoms with Gasteiger partial charge < -0.3 is 15.4 Å². The van der Waals surface area contributed by atoms with E-state index >= 15 is 0 Å². The second-order valence-corrected chi connectivity index (χ2v) is 6.91. The number of carbonyl (C=O) groups excluding carboxylic acids is 3. The topological polar surface area (TPSA) is 84.5 Å². The first-order chi connectivity index (χ1) is 11.8. The van der Waals surface area contributed by atoms with Crippen LogP contribution in [0.15, 0.2) is 0 Å². The van der Waals surface area contributed by atoms with Gasteiger partial charge in [-0.1, -0.05) is 59.3 Å². The van der Waals surface area contributed by atoms with E-state index in [2.05, 4.69) is 17.6 Å². The molecule has 0 aromatic rings. The maximum atomic E-state index is 12.2. The Bertz CT molecular complexity index is 410. The molecule has 0 unspecified atom stereocenters. The number of hydrogen-bond donors (Lipinski definition) is 2. The molecule has 0 radical (unpaired) electrons. The highest BCUT2D eigenvalue weighted by Crippen LogP contribution is 2.08. The van der Waals surface area contributed by atoms with Gasteiger partial charge in [-0.25, -0.2) is 4.79 Å². The number of unbranched alkanes of at least 4 members (excludes halogenated alkanes) is 6. The Morgan fingerprint density at radius 2 is 1.44 bits per heavy atom. The Kier molecular flexibility index (Phi) is 12.8. The van der Waals surface area contributed by atoms with Crippen molar-refractivity contribution in [3.05, 3.63) is 0 Å². The molecule has 146 valence electrons. The van der Waals surface area contributed by atoms with Crippen molar-refractivity contribution in [3.63, 3.8) is 0 Å². The lowest BCUT2D eigenvalue weighted by atomic mass is 10.0. The van der Waals surface area contributed by atoms with Crippen molar-refractivity contribution in [1.29, 1.82) is 0 Å². The predicted octanol–water partition coefficient (Wildman–Crippen LogP) is 2.95. The Balaban J connectivity index is 4.08. The SMILES string of the molecule is CCCCCCCCCC(=O)N[C@@H](C)C(=O)N[C@H](C(=O)OC)C(C)C. The van der Waals surface area contributed by atoms with Crippen LogP contribution in [0.25, 0.3) is 0 Å². The average Bonchev–Trinajstić information content (AvgIpc) is 2.57. The van der Waals surface area contributed by atoms with Crippen molar-refractivity contribution in [3.8, 4) is 0 Å². The summed E-state index contributed by atoms with van der Waals surface area (Å²) in [5.74, 6) is -1.08. The van der Waals surface area contributed by atoms with Gasteiger partial charge in [0.2, 0.25) is 11.8 Å². The molecular weight excluding hydrogens is 320 g/mol. The highest BCUT2D eigenvalue weighted by molar-refractivity contribution is 5.90. The molecule has 2 amide bonds. The van der Waals surface area contributed by atoms with Gasteiger partial charge in [-0.3, -0.25) is 9.59 Å². The van der Waals surface area contributed by atoms with Crippen molar-refractivity contribution < 1.29 is 19.1 Å². The molecule has 0 aliphatic carbocycles. The summed E-state index contributed by atoms with van der Waals surface area (Å²) in [6, 6.07) is -1.39. The average molecular weight is 357 g/mol. The zero-order chi connectivity index (χ0) is 19.2. The number of nitrogens with one attached hydrogen (secondary N) is 2. The number of amides is 2. The molecule has 6 nitrogen and oxygen atoms in total. The fourth-order valence-electron chi connectivity index (χ4n) is 2.52. The third kappa shape index (κ3) is 10.8. The molecule has 2 N–H and O–H groups in total. The van der Waals surface area contributed by atoms with Crippen LogP contribution in [-0.2, 0) is 19.1 Å². The van der Waals surface area contributed by atoms with E-state index in [-0.39, 0.29) is 17.7 Å². The fraction of sp³-hybridized carbons (Fsp3) is 0.842.